The van der Waals surface area contributed by atoms with Gasteiger partial charge in [-0.2, -0.15) is 0 Å². The van der Waals surface area contributed by atoms with Crippen LogP contribution in [0.5, 0.6) is 0 Å². The Balaban J connectivity index is 0.000001000. The van der Waals surface area contributed by atoms with E-state index >= 15 is 0 Å². The maximum Gasteiger partial charge on any atom is 0.00388 e. The second kappa shape index (κ2) is 5.00. The minimum atomic E-state index is 0. The molecule has 0 aromatic heterocycles. The third-order valence-electron chi connectivity index (χ3n) is 2.72. The van der Waals surface area contributed by atoms with Crippen molar-refractivity contribution < 1.29 is 0 Å². The van der Waals surface area contributed by atoms with Crippen LogP contribution in [0, 0.1) is 11.8 Å². The van der Waals surface area contributed by atoms with Gasteiger partial charge in [0.05, 0.1) is 0 Å². The predicted octanol–water partition coefficient (Wildman–Crippen LogP) is 2.58. The molecule has 0 saturated heterocycles. The lowest BCUT2D eigenvalue weighted by Crippen LogP contribution is -2.30. The van der Waals surface area contributed by atoms with Gasteiger partial charge in [0.1, 0.15) is 0 Å². The van der Waals surface area contributed by atoms with Crippen LogP contribution in [0.1, 0.15) is 39.5 Å². The fourth-order valence-electron chi connectivity index (χ4n) is 1.96. The summed E-state index contributed by atoms with van der Waals surface area (Å²) in [6, 6.07) is 0.419. The van der Waals surface area contributed by atoms with Gasteiger partial charge in [0.25, 0.3) is 0 Å². The molecular formula is C9H20ClN. The highest BCUT2D eigenvalue weighted by atomic mass is 35.5. The van der Waals surface area contributed by atoms with Crippen molar-refractivity contribution in [1.82, 2.24) is 0 Å². The summed E-state index contributed by atoms with van der Waals surface area (Å²) >= 11 is 0. The van der Waals surface area contributed by atoms with E-state index in [0.29, 0.717) is 6.04 Å². The fraction of sp³-hybridized carbons (Fsp3) is 1.00. The third-order valence-corrected chi connectivity index (χ3v) is 2.72. The van der Waals surface area contributed by atoms with E-state index in [1.807, 2.05) is 0 Å². The number of nitrogens with two attached hydrogens (primary N) is 1. The quantitative estimate of drug-likeness (QED) is 0.655. The Morgan fingerprint density at radius 2 is 2.00 bits per heavy atom. The summed E-state index contributed by atoms with van der Waals surface area (Å²) in [4.78, 5) is 0. The highest BCUT2D eigenvalue weighted by molar-refractivity contribution is 5.85. The van der Waals surface area contributed by atoms with Gasteiger partial charge < -0.3 is 5.73 Å². The van der Waals surface area contributed by atoms with Crippen LogP contribution in [0.4, 0.5) is 0 Å². The molecule has 1 aliphatic rings. The van der Waals surface area contributed by atoms with E-state index in [-0.39, 0.29) is 12.4 Å². The molecule has 3 unspecified atom stereocenters. The average molecular weight is 178 g/mol. The van der Waals surface area contributed by atoms with E-state index in [9.17, 15) is 0 Å². The molecule has 11 heavy (non-hydrogen) atoms. The van der Waals surface area contributed by atoms with E-state index in [1.54, 1.807) is 0 Å². The van der Waals surface area contributed by atoms with Gasteiger partial charge in [-0.25, -0.2) is 0 Å². The Hall–Kier alpha value is 0.250. The molecule has 2 heteroatoms. The van der Waals surface area contributed by atoms with Gasteiger partial charge in [-0.1, -0.05) is 19.8 Å². The van der Waals surface area contributed by atoms with Crippen molar-refractivity contribution in [2.75, 3.05) is 0 Å². The normalized spacial score (nSPS) is 34.1. The molecule has 1 rings (SSSR count). The van der Waals surface area contributed by atoms with Crippen LogP contribution in [0.25, 0.3) is 0 Å². The largest absolute Gasteiger partial charge is 0.328 e. The molecule has 0 aromatic carbocycles. The van der Waals surface area contributed by atoms with Gasteiger partial charge >= 0.3 is 0 Å². The Kier molecular flexibility index (Phi) is 5.11. The van der Waals surface area contributed by atoms with Gasteiger partial charge in [-0.3, -0.25) is 0 Å². The van der Waals surface area contributed by atoms with Gasteiger partial charge in [0.2, 0.25) is 0 Å². The summed E-state index contributed by atoms with van der Waals surface area (Å²) in [6.07, 6.45) is 5.54. The van der Waals surface area contributed by atoms with Crippen molar-refractivity contribution in [2.24, 2.45) is 17.6 Å². The Labute approximate surface area is 76.1 Å². The van der Waals surface area contributed by atoms with E-state index in [2.05, 4.69) is 13.8 Å². The molecule has 0 bridgehead atoms. The Bertz CT molecular complexity index is 104. The van der Waals surface area contributed by atoms with Gasteiger partial charge in [0, 0.05) is 6.04 Å². The summed E-state index contributed by atoms with van der Waals surface area (Å²) in [5.74, 6) is 1.73. The summed E-state index contributed by atoms with van der Waals surface area (Å²) in [6.45, 7) is 4.48. The molecule has 3 atom stereocenters. The molecule has 1 saturated carbocycles. The topological polar surface area (TPSA) is 26.0 Å². The molecule has 1 nitrogen and oxygen atoms in total. The van der Waals surface area contributed by atoms with Crippen LogP contribution in [0.15, 0.2) is 0 Å². The predicted molar refractivity (Wildman–Crippen MR) is 52.0 cm³/mol. The van der Waals surface area contributed by atoms with Gasteiger partial charge in [-0.15, -0.1) is 12.4 Å². The van der Waals surface area contributed by atoms with Gasteiger partial charge in [0.15, 0.2) is 0 Å². The first kappa shape index (κ1) is 11.2. The van der Waals surface area contributed by atoms with Gasteiger partial charge in [-0.05, 0) is 31.6 Å². The molecule has 0 amide bonds. The number of hydrogen-bond donors (Lipinski definition) is 1. The van der Waals surface area contributed by atoms with E-state index < -0.39 is 0 Å². The van der Waals surface area contributed by atoms with Crippen molar-refractivity contribution in [3.8, 4) is 0 Å². The zero-order valence-electron chi connectivity index (χ0n) is 7.55. The summed E-state index contributed by atoms with van der Waals surface area (Å²) in [5, 5.41) is 0. The lowest BCUT2D eigenvalue weighted by atomic mass is 9.79. The SMILES string of the molecule is CC1CCCC(C(C)N)C1.Cl. The summed E-state index contributed by atoms with van der Waals surface area (Å²) < 4.78 is 0. The lowest BCUT2D eigenvalue weighted by molar-refractivity contribution is 0.254. The lowest BCUT2D eigenvalue weighted by Gasteiger charge is -2.29. The van der Waals surface area contributed by atoms with E-state index in [0.717, 1.165) is 11.8 Å². The molecule has 0 aromatic rings. The van der Waals surface area contributed by atoms with Crippen molar-refractivity contribution in [2.45, 2.75) is 45.6 Å². The fourth-order valence-corrected chi connectivity index (χ4v) is 1.96. The summed E-state index contributed by atoms with van der Waals surface area (Å²) in [5.41, 5.74) is 5.83. The monoisotopic (exact) mass is 177 g/mol. The van der Waals surface area contributed by atoms with Crippen molar-refractivity contribution in [1.29, 1.82) is 0 Å². The zero-order valence-corrected chi connectivity index (χ0v) is 8.36. The van der Waals surface area contributed by atoms with E-state index in [1.165, 1.54) is 25.7 Å². The van der Waals surface area contributed by atoms with Crippen LogP contribution < -0.4 is 5.73 Å². The molecule has 1 aliphatic carbocycles. The van der Waals surface area contributed by atoms with Crippen LogP contribution >= 0.6 is 12.4 Å². The molecule has 0 radical (unpaired) electrons. The van der Waals surface area contributed by atoms with Crippen molar-refractivity contribution in [3.63, 3.8) is 0 Å². The van der Waals surface area contributed by atoms with Crippen LogP contribution in [-0.2, 0) is 0 Å². The second-order valence-electron chi connectivity index (χ2n) is 3.89. The first-order valence-corrected chi connectivity index (χ1v) is 4.45. The first-order chi connectivity index (χ1) is 4.70. The van der Waals surface area contributed by atoms with Crippen LogP contribution in [-0.4, -0.2) is 6.04 Å². The maximum atomic E-state index is 5.83. The third kappa shape index (κ3) is 3.44. The van der Waals surface area contributed by atoms with Crippen molar-refractivity contribution in [3.05, 3.63) is 0 Å². The molecule has 2 N–H and O–H groups in total. The zero-order chi connectivity index (χ0) is 7.56. The average Bonchev–Trinajstić information content (AvgIpc) is 1.88. The highest BCUT2D eigenvalue weighted by Crippen LogP contribution is 2.29. The number of hydrogen-bond acceptors (Lipinski definition) is 1. The molecule has 0 aliphatic heterocycles. The molecular weight excluding hydrogens is 158 g/mol. The molecule has 0 heterocycles. The van der Waals surface area contributed by atoms with Crippen molar-refractivity contribution >= 4 is 12.4 Å². The molecule has 0 spiro atoms. The minimum Gasteiger partial charge on any atom is -0.328 e. The number of rotatable bonds is 1. The molecule has 1 fully saturated rings. The summed E-state index contributed by atoms with van der Waals surface area (Å²) in [7, 11) is 0. The van der Waals surface area contributed by atoms with Crippen LogP contribution in [0.2, 0.25) is 0 Å². The van der Waals surface area contributed by atoms with Crippen LogP contribution in [0.3, 0.4) is 0 Å². The maximum absolute atomic E-state index is 5.83. The smallest absolute Gasteiger partial charge is 0.00388 e. The molecule has 68 valence electrons. The minimum absolute atomic E-state index is 0. The Morgan fingerprint density at radius 3 is 2.36 bits per heavy atom. The highest BCUT2D eigenvalue weighted by Gasteiger charge is 2.21. The second-order valence-corrected chi connectivity index (χ2v) is 3.89. The van der Waals surface area contributed by atoms with E-state index in [4.69, 9.17) is 5.73 Å². The standard InChI is InChI=1S/C9H19N.ClH/c1-7-4-3-5-9(6-7)8(2)10;/h7-9H,3-6,10H2,1-2H3;1H. The first-order valence-electron chi connectivity index (χ1n) is 4.45. The Morgan fingerprint density at radius 1 is 1.36 bits per heavy atom. The number of halogens is 1.